The molecule has 0 radical (unpaired) electrons. The van der Waals surface area contributed by atoms with E-state index in [9.17, 15) is 4.79 Å². The van der Waals surface area contributed by atoms with Crippen LogP contribution < -0.4 is 0 Å². The lowest BCUT2D eigenvalue weighted by atomic mass is 9.99. The number of Topliss-reactive ketones (excluding diaryl/α,β-unsaturated/α-hetero) is 1. The molecule has 2 aliphatic rings. The van der Waals surface area contributed by atoms with Crippen molar-refractivity contribution in [2.24, 2.45) is 0 Å². The van der Waals surface area contributed by atoms with E-state index in [-0.39, 0.29) is 0 Å². The minimum absolute atomic E-state index is 0.464. The van der Waals surface area contributed by atoms with Crippen LogP contribution in [0.5, 0.6) is 0 Å². The molecule has 0 atom stereocenters. The lowest BCUT2D eigenvalue weighted by Gasteiger charge is -2.33. The Hall–Kier alpha value is -0.370. The van der Waals surface area contributed by atoms with Crippen LogP contribution in [-0.4, -0.2) is 29.8 Å². The monoisotopic (exact) mass is 223 g/mol. The van der Waals surface area contributed by atoms with Gasteiger partial charge >= 0.3 is 0 Å². The molecule has 0 aromatic carbocycles. The first kappa shape index (κ1) is 12.1. The predicted octanol–water partition coefficient (Wildman–Crippen LogP) is 3.15. The summed E-state index contributed by atoms with van der Waals surface area (Å²) in [5.41, 5.74) is 0. The Morgan fingerprint density at radius 2 is 1.50 bits per heavy atom. The molecule has 92 valence electrons. The molecule has 1 saturated heterocycles. The van der Waals surface area contributed by atoms with Crippen LogP contribution in [0, 0.1) is 0 Å². The van der Waals surface area contributed by atoms with Gasteiger partial charge in [0.15, 0.2) is 0 Å². The third-order valence-corrected chi connectivity index (χ3v) is 4.12. The molecule has 0 amide bonds. The van der Waals surface area contributed by atoms with Gasteiger partial charge in [0.1, 0.15) is 5.78 Å². The van der Waals surface area contributed by atoms with Crippen molar-refractivity contribution < 1.29 is 4.79 Å². The van der Waals surface area contributed by atoms with E-state index in [1.807, 2.05) is 0 Å². The van der Waals surface area contributed by atoms with Gasteiger partial charge in [0, 0.05) is 12.5 Å². The van der Waals surface area contributed by atoms with Crippen LogP contribution in [0.4, 0.5) is 0 Å². The van der Waals surface area contributed by atoms with Gasteiger partial charge in [-0.25, -0.2) is 0 Å². The van der Waals surface area contributed by atoms with Crippen LogP contribution in [0.2, 0.25) is 0 Å². The minimum atomic E-state index is 0.464. The molecule has 2 fully saturated rings. The Kier molecular flexibility index (Phi) is 4.83. The highest BCUT2D eigenvalue weighted by Gasteiger charge is 2.23. The second kappa shape index (κ2) is 6.39. The molecule has 16 heavy (non-hydrogen) atoms. The highest BCUT2D eigenvalue weighted by Crippen LogP contribution is 2.22. The maximum absolute atomic E-state index is 11.5. The Bertz CT molecular complexity index is 217. The van der Waals surface area contributed by atoms with E-state index >= 15 is 0 Å². The maximum atomic E-state index is 11.5. The highest BCUT2D eigenvalue weighted by atomic mass is 16.1. The van der Waals surface area contributed by atoms with E-state index < -0.39 is 0 Å². The number of nitrogens with zero attached hydrogens (tertiary/aromatic N) is 1. The van der Waals surface area contributed by atoms with Crippen LogP contribution in [0.15, 0.2) is 0 Å². The normalized spacial score (nSPS) is 27.1. The van der Waals surface area contributed by atoms with Crippen molar-refractivity contribution >= 4 is 5.78 Å². The zero-order valence-corrected chi connectivity index (χ0v) is 10.4. The summed E-state index contributed by atoms with van der Waals surface area (Å²) in [4.78, 5) is 14.0. The third-order valence-electron chi connectivity index (χ3n) is 4.12. The van der Waals surface area contributed by atoms with E-state index in [2.05, 4.69) is 4.90 Å². The van der Waals surface area contributed by atoms with Crippen LogP contribution in [0.3, 0.4) is 0 Å². The molecule has 0 aromatic rings. The van der Waals surface area contributed by atoms with Crippen molar-refractivity contribution in [1.82, 2.24) is 4.90 Å². The van der Waals surface area contributed by atoms with Gasteiger partial charge in [-0.2, -0.15) is 0 Å². The van der Waals surface area contributed by atoms with Crippen molar-refractivity contribution in [3.63, 3.8) is 0 Å². The SMILES string of the molecule is O=C1CCCN(C2CCCCCCCC2)C1. The van der Waals surface area contributed by atoms with Gasteiger partial charge in [-0.3, -0.25) is 9.69 Å². The maximum Gasteiger partial charge on any atom is 0.146 e. The number of ketones is 1. The lowest BCUT2D eigenvalue weighted by Crippen LogP contribution is -2.42. The summed E-state index contributed by atoms with van der Waals surface area (Å²) in [6, 6.07) is 0.711. The zero-order chi connectivity index (χ0) is 11.2. The number of piperidine rings is 1. The van der Waals surface area contributed by atoms with E-state index in [4.69, 9.17) is 0 Å². The minimum Gasteiger partial charge on any atom is -0.298 e. The number of carbonyl (C=O) groups excluding carboxylic acids is 1. The molecule has 0 bridgehead atoms. The van der Waals surface area contributed by atoms with Crippen molar-refractivity contribution in [3.05, 3.63) is 0 Å². The summed E-state index contributed by atoms with van der Waals surface area (Å²) in [7, 11) is 0. The van der Waals surface area contributed by atoms with E-state index in [0.29, 0.717) is 11.8 Å². The van der Waals surface area contributed by atoms with E-state index in [0.717, 1.165) is 25.9 Å². The molecule has 1 heterocycles. The average molecular weight is 223 g/mol. The van der Waals surface area contributed by atoms with Crippen LogP contribution in [-0.2, 0) is 4.79 Å². The Balaban J connectivity index is 1.86. The Labute approximate surface area is 99.4 Å². The molecule has 2 heteroatoms. The van der Waals surface area contributed by atoms with Gasteiger partial charge in [-0.05, 0) is 25.8 Å². The second-order valence-electron chi connectivity index (χ2n) is 5.47. The number of rotatable bonds is 1. The fraction of sp³-hybridized carbons (Fsp3) is 0.929. The summed E-state index contributed by atoms with van der Waals surface area (Å²) >= 11 is 0. The smallest absolute Gasteiger partial charge is 0.146 e. The first-order chi connectivity index (χ1) is 7.86. The number of likely N-dealkylation sites (tertiary alicyclic amines) is 1. The summed E-state index contributed by atoms with van der Waals surface area (Å²) in [6.07, 6.45) is 13.0. The largest absolute Gasteiger partial charge is 0.298 e. The molecular formula is C14H25NO. The van der Waals surface area contributed by atoms with Gasteiger partial charge in [0.25, 0.3) is 0 Å². The summed E-state index contributed by atoms with van der Waals surface area (Å²) in [6.45, 7) is 1.90. The van der Waals surface area contributed by atoms with Crippen LogP contribution in [0.25, 0.3) is 0 Å². The standard InChI is InChI=1S/C14H25NO/c16-14-10-7-11-15(12-14)13-8-5-3-1-2-4-6-9-13/h13H,1-12H2. The second-order valence-corrected chi connectivity index (χ2v) is 5.47. The molecular weight excluding hydrogens is 198 g/mol. The molecule has 1 aliphatic heterocycles. The van der Waals surface area contributed by atoms with E-state index in [1.165, 1.54) is 51.4 Å². The molecule has 2 rings (SSSR count). The average Bonchev–Trinajstić information content (AvgIpc) is 2.42. The van der Waals surface area contributed by atoms with Gasteiger partial charge in [0.2, 0.25) is 0 Å². The molecule has 0 aromatic heterocycles. The van der Waals surface area contributed by atoms with Gasteiger partial charge in [0.05, 0.1) is 6.54 Å². The Morgan fingerprint density at radius 3 is 2.12 bits per heavy atom. The zero-order valence-electron chi connectivity index (χ0n) is 10.4. The topological polar surface area (TPSA) is 20.3 Å². The molecule has 2 nitrogen and oxygen atoms in total. The first-order valence-electron chi connectivity index (χ1n) is 7.12. The Morgan fingerprint density at radius 1 is 0.875 bits per heavy atom. The highest BCUT2D eigenvalue weighted by molar-refractivity contribution is 5.81. The van der Waals surface area contributed by atoms with E-state index in [1.54, 1.807) is 0 Å². The molecule has 0 unspecified atom stereocenters. The van der Waals surface area contributed by atoms with Gasteiger partial charge < -0.3 is 0 Å². The molecule has 1 saturated carbocycles. The van der Waals surface area contributed by atoms with Crippen molar-refractivity contribution in [2.75, 3.05) is 13.1 Å². The molecule has 0 spiro atoms. The summed E-state index contributed by atoms with van der Waals surface area (Å²) in [5.74, 6) is 0.464. The van der Waals surface area contributed by atoms with Crippen LogP contribution in [0.1, 0.15) is 64.2 Å². The van der Waals surface area contributed by atoms with Crippen molar-refractivity contribution in [1.29, 1.82) is 0 Å². The summed E-state index contributed by atoms with van der Waals surface area (Å²) < 4.78 is 0. The summed E-state index contributed by atoms with van der Waals surface area (Å²) in [5, 5.41) is 0. The molecule has 0 N–H and O–H groups in total. The number of carbonyl (C=O) groups is 1. The quantitative estimate of drug-likeness (QED) is 0.680. The first-order valence-corrected chi connectivity index (χ1v) is 7.12. The third kappa shape index (κ3) is 3.58. The fourth-order valence-electron chi connectivity index (χ4n) is 3.15. The predicted molar refractivity (Wildman–Crippen MR) is 66.5 cm³/mol. The van der Waals surface area contributed by atoms with Gasteiger partial charge in [-0.1, -0.05) is 38.5 Å². The number of hydrogen-bond acceptors (Lipinski definition) is 2. The van der Waals surface area contributed by atoms with Crippen LogP contribution >= 0.6 is 0 Å². The number of hydrogen-bond donors (Lipinski definition) is 0. The fourth-order valence-corrected chi connectivity index (χ4v) is 3.15. The van der Waals surface area contributed by atoms with Gasteiger partial charge in [-0.15, -0.1) is 0 Å². The van der Waals surface area contributed by atoms with Crippen molar-refractivity contribution in [3.8, 4) is 0 Å². The van der Waals surface area contributed by atoms with Crippen molar-refractivity contribution in [2.45, 2.75) is 70.3 Å². The lowest BCUT2D eigenvalue weighted by molar-refractivity contribution is -0.123. The molecule has 1 aliphatic carbocycles.